The third-order valence-electron chi connectivity index (χ3n) is 5.15. The maximum absolute atomic E-state index is 13.0. The monoisotopic (exact) mass is 403 g/mol. The number of carbonyl (C=O) groups excluding carboxylic acids is 1. The predicted octanol–water partition coefficient (Wildman–Crippen LogP) is 5.61. The Balaban J connectivity index is 0.00000280. The minimum Gasteiger partial charge on any atom is -0.497 e. The molecule has 2 aromatic rings. The average molecular weight is 404 g/mol. The second-order valence-electron chi connectivity index (χ2n) is 7.07. The zero-order valence-corrected chi connectivity index (χ0v) is 17.2. The Labute approximate surface area is 172 Å². The van der Waals surface area contributed by atoms with Crippen LogP contribution in [-0.2, 0) is 0 Å². The van der Waals surface area contributed by atoms with Crippen LogP contribution < -0.4 is 4.74 Å². The van der Waals surface area contributed by atoms with E-state index in [1.807, 2.05) is 12.1 Å². The van der Waals surface area contributed by atoms with Gasteiger partial charge >= 0.3 is 0 Å². The van der Waals surface area contributed by atoms with E-state index in [0.29, 0.717) is 18.0 Å². The van der Waals surface area contributed by atoms with Gasteiger partial charge in [-0.25, -0.2) is 4.39 Å². The summed E-state index contributed by atoms with van der Waals surface area (Å²) in [4.78, 5) is 14.7. The van der Waals surface area contributed by atoms with Gasteiger partial charge in [0.1, 0.15) is 11.6 Å². The standard InChI is InChI=1S/C23H26FNO2.ClH/c1-17-13-15-25(22(16-17)18-7-11-21(27-2)12-8-18)14-3-4-23(26)19-5-9-20(24)10-6-19;/h5-13,22H,3-4,14-16H2,1-2H3;1H. The Bertz CT molecular complexity index is 802. The second kappa shape index (κ2) is 10.4. The Kier molecular flexibility index (Phi) is 8.21. The van der Waals surface area contributed by atoms with E-state index < -0.39 is 0 Å². The molecule has 0 fully saturated rings. The van der Waals surface area contributed by atoms with Gasteiger partial charge < -0.3 is 4.74 Å². The van der Waals surface area contributed by atoms with Crippen LogP contribution in [0.25, 0.3) is 0 Å². The summed E-state index contributed by atoms with van der Waals surface area (Å²) in [7, 11) is 1.67. The number of halogens is 2. The molecule has 1 atom stereocenters. The molecule has 0 bridgehead atoms. The number of rotatable bonds is 7. The van der Waals surface area contributed by atoms with Gasteiger partial charge in [0.25, 0.3) is 0 Å². The highest BCUT2D eigenvalue weighted by Crippen LogP contribution is 2.32. The number of methoxy groups -OCH3 is 1. The van der Waals surface area contributed by atoms with Crippen LogP contribution in [0.4, 0.5) is 4.39 Å². The summed E-state index contributed by atoms with van der Waals surface area (Å²) in [5.41, 5.74) is 3.25. The highest BCUT2D eigenvalue weighted by molar-refractivity contribution is 5.95. The lowest BCUT2D eigenvalue weighted by molar-refractivity contribution is 0.0970. The number of carbonyl (C=O) groups is 1. The molecule has 0 radical (unpaired) electrons. The SMILES string of the molecule is COc1ccc(C2CC(C)=CCN2CCCC(=O)c2ccc(F)cc2)cc1.Cl. The second-order valence-corrected chi connectivity index (χ2v) is 7.07. The van der Waals surface area contributed by atoms with Crippen LogP contribution in [0.2, 0.25) is 0 Å². The molecular formula is C23H27ClFNO2. The summed E-state index contributed by atoms with van der Waals surface area (Å²) in [6.07, 6.45) is 4.52. The highest BCUT2D eigenvalue weighted by atomic mass is 35.5. The van der Waals surface area contributed by atoms with Gasteiger partial charge in [-0.05, 0) is 68.3 Å². The van der Waals surface area contributed by atoms with E-state index in [-0.39, 0.29) is 24.0 Å². The molecule has 1 unspecified atom stereocenters. The van der Waals surface area contributed by atoms with Gasteiger partial charge in [-0.15, -0.1) is 12.4 Å². The molecule has 0 amide bonds. The van der Waals surface area contributed by atoms with Gasteiger partial charge in [-0.1, -0.05) is 23.8 Å². The van der Waals surface area contributed by atoms with Crippen molar-refractivity contribution in [3.63, 3.8) is 0 Å². The zero-order valence-electron chi connectivity index (χ0n) is 16.4. The third-order valence-corrected chi connectivity index (χ3v) is 5.15. The number of hydrogen-bond acceptors (Lipinski definition) is 3. The van der Waals surface area contributed by atoms with Gasteiger partial charge in [-0.2, -0.15) is 0 Å². The van der Waals surface area contributed by atoms with E-state index >= 15 is 0 Å². The Hall–Kier alpha value is -2.17. The van der Waals surface area contributed by atoms with Crippen molar-refractivity contribution in [1.82, 2.24) is 4.90 Å². The molecule has 0 saturated carbocycles. The highest BCUT2D eigenvalue weighted by Gasteiger charge is 2.23. The summed E-state index contributed by atoms with van der Waals surface area (Å²) < 4.78 is 18.3. The van der Waals surface area contributed by atoms with Crippen molar-refractivity contribution in [2.45, 2.75) is 32.2 Å². The van der Waals surface area contributed by atoms with Gasteiger partial charge in [0.2, 0.25) is 0 Å². The van der Waals surface area contributed by atoms with Crippen LogP contribution in [0.5, 0.6) is 5.75 Å². The predicted molar refractivity (Wildman–Crippen MR) is 113 cm³/mol. The number of nitrogens with zero attached hydrogens (tertiary/aromatic N) is 1. The van der Waals surface area contributed by atoms with Crippen molar-refractivity contribution in [1.29, 1.82) is 0 Å². The quantitative estimate of drug-likeness (QED) is 0.444. The molecule has 1 aliphatic heterocycles. The molecule has 1 aliphatic rings. The van der Waals surface area contributed by atoms with E-state index in [1.165, 1.54) is 23.3 Å². The zero-order chi connectivity index (χ0) is 19.2. The van der Waals surface area contributed by atoms with Crippen molar-refractivity contribution >= 4 is 18.2 Å². The Morgan fingerprint density at radius 2 is 1.82 bits per heavy atom. The number of Topliss-reactive ketones (excluding diaryl/α,β-unsaturated/α-hetero) is 1. The molecule has 0 spiro atoms. The minimum absolute atomic E-state index is 0. The van der Waals surface area contributed by atoms with Crippen molar-refractivity contribution in [2.75, 3.05) is 20.2 Å². The number of ether oxygens (including phenoxy) is 1. The number of benzene rings is 2. The van der Waals surface area contributed by atoms with E-state index in [2.05, 4.69) is 30.0 Å². The van der Waals surface area contributed by atoms with Crippen molar-refractivity contribution in [2.24, 2.45) is 0 Å². The maximum atomic E-state index is 13.0. The first kappa shape index (κ1) is 22.1. The molecule has 3 nitrogen and oxygen atoms in total. The molecule has 28 heavy (non-hydrogen) atoms. The van der Waals surface area contributed by atoms with E-state index in [4.69, 9.17) is 4.74 Å². The molecule has 150 valence electrons. The molecular weight excluding hydrogens is 377 g/mol. The van der Waals surface area contributed by atoms with Gasteiger partial charge in [0.05, 0.1) is 7.11 Å². The van der Waals surface area contributed by atoms with Crippen LogP contribution in [-0.4, -0.2) is 30.9 Å². The lowest BCUT2D eigenvalue weighted by Crippen LogP contribution is -2.33. The van der Waals surface area contributed by atoms with Crippen molar-refractivity contribution < 1.29 is 13.9 Å². The minimum atomic E-state index is -0.315. The van der Waals surface area contributed by atoms with Gasteiger partial charge in [0.15, 0.2) is 5.78 Å². The largest absolute Gasteiger partial charge is 0.497 e. The lowest BCUT2D eigenvalue weighted by atomic mass is 9.94. The molecule has 0 N–H and O–H groups in total. The molecule has 1 heterocycles. The van der Waals surface area contributed by atoms with Crippen LogP contribution in [0, 0.1) is 5.82 Å². The van der Waals surface area contributed by atoms with Gasteiger partial charge in [0, 0.05) is 24.6 Å². The van der Waals surface area contributed by atoms with Crippen LogP contribution in [0.1, 0.15) is 48.1 Å². The molecule has 2 aromatic carbocycles. The van der Waals surface area contributed by atoms with Crippen molar-refractivity contribution in [3.8, 4) is 5.75 Å². The first-order valence-electron chi connectivity index (χ1n) is 9.39. The summed E-state index contributed by atoms with van der Waals surface area (Å²) in [5, 5.41) is 0. The summed E-state index contributed by atoms with van der Waals surface area (Å²) in [6.45, 7) is 3.92. The van der Waals surface area contributed by atoms with E-state index in [9.17, 15) is 9.18 Å². The van der Waals surface area contributed by atoms with Crippen LogP contribution in [0.3, 0.4) is 0 Å². The molecule has 3 rings (SSSR count). The lowest BCUT2D eigenvalue weighted by Gasteiger charge is -2.35. The normalized spacial score (nSPS) is 16.8. The van der Waals surface area contributed by atoms with Gasteiger partial charge in [-0.3, -0.25) is 9.69 Å². The molecule has 0 saturated heterocycles. The fourth-order valence-corrected chi connectivity index (χ4v) is 3.54. The summed E-state index contributed by atoms with van der Waals surface area (Å²) in [5.74, 6) is 0.613. The van der Waals surface area contributed by atoms with E-state index in [1.54, 1.807) is 19.2 Å². The topological polar surface area (TPSA) is 29.5 Å². The first-order chi connectivity index (χ1) is 13.1. The average Bonchev–Trinajstić information content (AvgIpc) is 2.69. The smallest absolute Gasteiger partial charge is 0.162 e. The summed E-state index contributed by atoms with van der Waals surface area (Å²) >= 11 is 0. The molecule has 5 heteroatoms. The Morgan fingerprint density at radius 1 is 1.14 bits per heavy atom. The first-order valence-corrected chi connectivity index (χ1v) is 9.39. The van der Waals surface area contributed by atoms with E-state index in [0.717, 1.165) is 31.7 Å². The number of ketones is 1. The fraction of sp³-hybridized carbons (Fsp3) is 0.348. The molecule has 0 aromatic heterocycles. The van der Waals surface area contributed by atoms with Crippen LogP contribution >= 0.6 is 12.4 Å². The molecule has 0 aliphatic carbocycles. The Morgan fingerprint density at radius 3 is 2.46 bits per heavy atom. The number of hydrogen-bond donors (Lipinski definition) is 0. The maximum Gasteiger partial charge on any atom is 0.162 e. The van der Waals surface area contributed by atoms with Crippen molar-refractivity contribution in [3.05, 3.63) is 77.1 Å². The summed E-state index contributed by atoms with van der Waals surface area (Å²) in [6, 6.07) is 14.4. The third kappa shape index (κ3) is 5.66. The fourth-order valence-electron chi connectivity index (χ4n) is 3.54. The van der Waals surface area contributed by atoms with Crippen LogP contribution in [0.15, 0.2) is 60.2 Å².